The standard InChI is InChI=1S/C16H22N2OS/c1-16(2,3)18-10-14-4-5-15(11-17-14)19-8-6-13-7-9-20-12-13/h4-5,7,9,11-12,18H,6,8,10H2,1-3H3. The molecule has 0 fully saturated rings. The molecule has 0 atom stereocenters. The molecule has 0 aliphatic heterocycles. The van der Waals surface area contributed by atoms with E-state index in [0.717, 1.165) is 24.4 Å². The van der Waals surface area contributed by atoms with E-state index in [0.29, 0.717) is 6.61 Å². The summed E-state index contributed by atoms with van der Waals surface area (Å²) in [4.78, 5) is 4.41. The van der Waals surface area contributed by atoms with Crippen LogP contribution in [0.5, 0.6) is 5.75 Å². The third-order valence-corrected chi connectivity index (χ3v) is 3.57. The maximum atomic E-state index is 5.70. The predicted octanol–water partition coefficient (Wildman–Crippen LogP) is 3.65. The fraction of sp³-hybridized carbons (Fsp3) is 0.438. The molecule has 0 saturated heterocycles. The van der Waals surface area contributed by atoms with Crippen LogP contribution >= 0.6 is 11.3 Å². The first-order valence-corrected chi connectivity index (χ1v) is 7.81. The molecule has 0 bridgehead atoms. The van der Waals surface area contributed by atoms with Crippen LogP contribution in [0.4, 0.5) is 0 Å². The van der Waals surface area contributed by atoms with Crippen molar-refractivity contribution >= 4 is 11.3 Å². The molecule has 3 nitrogen and oxygen atoms in total. The average molecular weight is 290 g/mol. The Morgan fingerprint density at radius 3 is 2.70 bits per heavy atom. The Hall–Kier alpha value is -1.39. The third kappa shape index (κ3) is 5.31. The highest BCUT2D eigenvalue weighted by Crippen LogP contribution is 2.12. The van der Waals surface area contributed by atoms with Crippen molar-refractivity contribution in [3.05, 3.63) is 46.4 Å². The summed E-state index contributed by atoms with van der Waals surface area (Å²) < 4.78 is 5.70. The van der Waals surface area contributed by atoms with Crippen molar-refractivity contribution in [2.24, 2.45) is 0 Å². The fourth-order valence-corrected chi connectivity index (χ4v) is 2.38. The van der Waals surface area contributed by atoms with Gasteiger partial charge in [-0.05, 0) is 55.3 Å². The van der Waals surface area contributed by atoms with Gasteiger partial charge in [0, 0.05) is 18.5 Å². The molecule has 0 spiro atoms. The molecular weight excluding hydrogens is 268 g/mol. The van der Waals surface area contributed by atoms with Crippen LogP contribution in [0.2, 0.25) is 0 Å². The summed E-state index contributed by atoms with van der Waals surface area (Å²) in [6.45, 7) is 7.91. The van der Waals surface area contributed by atoms with Gasteiger partial charge in [-0.3, -0.25) is 4.98 Å². The molecular formula is C16H22N2OS. The number of rotatable bonds is 6. The van der Waals surface area contributed by atoms with E-state index < -0.39 is 0 Å². The molecule has 0 aliphatic rings. The van der Waals surface area contributed by atoms with E-state index in [4.69, 9.17) is 4.74 Å². The van der Waals surface area contributed by atoms with E-state index in [1.54, 1.807) is 17.5 Å². The number of thiophene rings is 1. The van der Waals surface area contributed by atoms with Gasteiger partial charge in [-0.15, -0.1) is 0 Å². The minimum atomic E-state index is 0.109. The number of aromatic nitrogens is 1. The van der Waals surface area contributed by atoms with Crippen LogP contribution in [-0.2, 0) is 13.0 Å². The van der Waals surface area contributed by atoms with E-state index in [2.05, 4.69) is 47.9 Å². The van der Waals surface area contributed by atoms with Crippen molar-refractivity contribution in [2.45, 2.75) is 39.3 Å². The lowest BCUT2D eigenvalue weighted by atomic mass is 10.1. The third-order valence-electron chi connectivity index (χ3n) is 2.84. The Balaban J connectivity index is 1.76. The largest absolute Gasteiger partial charge is 0.492 e. The van der Waals surface area contributed by atoms with Crippen molar-refractivity contribution < 1.29 is 4.74 Å². The Morgan fingerprint density at radius 1 is 1.25 bits per heavy atom. The van der Waals surface area contributed by atoms with Crippen LogP contribution in [0.25, 0.3) is 0 Å². The van der Waals surface area contributed by atoms with Crippen LogP contribution in [0.15, 0.2) is 35.2 Å². The fourth-order valence-electron chi connectivity index (χ4n) is 1.68. The smallest absolute Gasteiger partial charge is 0.137 e. The molecule has 4 heteroatoms. The quantitative estimate of drug-likeness (QED) is 0.881. The Bertz CT molecular complexity index is 500. The topological polar surface area (TPSA) is 34.1 Å². The van der Waals surface area contributed by atoms with E-state index in [1.165, 1.54) is 5.56 Å². The first-order valence-electron chi connectivity index (χ1n) is 6.87. The molecule has 0 aromatic carbocycles. The average Bonchev–Trinajstić information content (AvgIpc) is 2.90. The van der Waals surface area contributed by atoms with Crippen molar-refractivity contribution in [1.82, 2.24) is 10.3 Å². The van der Waals surface area contributed by atoms with Crippen molar-refractivity contribution in [1.29, 1.82) is 0 Å². The highest BCUT2D eigenvalue weighted by atomic mass is 32.1. The highest BCUT2D eigenvalue weighted by molar-refractivity contribution is 7.07. The molecule has 2 aromatic heterocycles. The second-order valence-electron chi connectivity index (χ2n) is 5.82. The molecule has 0 amide bonds. The number of hydrogen-bond donors (Lipinski definition) is 1. The molecule has 0 saturated carbocycles. The van der Waals surface area contributed by atoms with Gasteiger partial charge in [0.25, 0.3) is 0 Å². The van der Waals surface area contributed by atoms with Gasteiger partial charge in [0.05, 0.1) is 18.5 Å². The number of ether oxygens (including phenoxy) is 1. The lowest BCUT2D eigenvalue weighted by Gasteiger charge is -2.20. The van der Waals surface area contributed by atoms with Crippen LogP contribution in [0.1, 0.15) is 32.0 Å². The van der Waals surface area contributed by atoms with E-state index in [9.17, 15) is 0 Å². The van der Waals surface area contributed by atoms with Gasteiger partial charge >= 0.3 is 0 Å². The van der Waals surface area contributed by atoms with Gasteiger partial charge in [-0.2, -0.15) is 11.3 Å². The lowest BCUT2D eigenvalue weighted by Crippen LogP contribution is -2.35. The van der Waals surface area contributed by atoms with Crippen molar-refractivity contribution in [2.75, 3.05) is 6.61 Å². The summed E-state index contributed by atoms with van der Waals surface area (Å²) in [7, 11) is 0. The Morgan fingerprint density at radius 2 is 2.10 bits per heavy atom. The molecule has 1 N–H and O–H groups in total. The molecule has 108 valence electrons. The van der Waals surface area contributed by atoms with Crippen LogP contribution < -0.4 is 10.1 Å². The van der Waals surface area contributed by atoms with Gasteiger partial charge in [-0.1, -0.05) is 0 Å². The Labute approximate surface area is 125 Å². The molecule has 20 heavy (non-hydrogen) atoms. The van der Waals surface area contributed by atoms with Gasteiger partial charge in [0.2, 0.25) is 0 Å². The maximum absolute atomic E-state index is 5.70. The number of nitrogens with one attached hydrogen (secondary N) is 1. The summed E-state index contributed by atoms with van der Waals surface area (Å²) in [6.07, 6.45) is 2.74. The number of hydrogen-bond acceptors (Lipinski definition) is 4. The normalized spacial score (nSPS) is 11.6. The zero-order chi connectivity index (χ0) is 14.4. The summed E-state index contributed by atoms with van der Waals surface area (Å²) >= 11 is 1.72. The summed E-state index contributed by atoms with van der Waals surface area (Å²) in [5, 5.41) is 7.66. The first-order chi connectivity index (χ1) is 9.53. The maximum Gasteiger partial charge on any atom is 0.137 e. The van der Waals surface area contributed by atoms with E-state index in [1.807, 2.05) is 12.1 Å². The highest BCUT2D eigenvalue weighted by Gasteiger charge is 2.08. The van der Waals surface area contributed by atoms with Crippen LogP contribution in [0.3, 0.4) is 0 Å². The van der Waals surface area contributed by atoms with Gasteiger partial charge in [0.1, 0.15) is 5.75 Å². The minimum absolute atomic E-state index is 0.109. The second-order valence-corrected chi connectivity index (χ2v) is 6.60. The summed E-state index contributed by atoms with van der Waals surface area (Å²) in [5.74, 6) is 0.833. The first kappa shape index (κ1) is 15.0. The molecule has 0 radical (unpaired) electrons. The van der Waals surface area contributed by atoms with Gasteiger partial charge in [0.15, 0.2) is 0 Å². The molecule has 2 heterocycles. The molecule has 2 rings (SSSR count). The number of pyridine rings is 1. The van der Waals surface area contributed by atoms with Crippen molar-refractivity contribution in [3.63, 3.8) is 0 Å². The number of nitrogens with zero attached hydrogens (tertiary/aromatic N) is 1. The minimum Gasteiger partial charge on any atom is -0.492 e. The molecule has 2 aromatic rings. The van der Waals surface area contributed by atoms with Crippen LogP contribution in [0, 0.1) is 0 Å². The monoisotopic (exact) mass is 290 g/mol. The SMILES string of the molecule is CC(C)(C)NCc1ccc(OCCc2ccsc2)cn1. The van der Waals surface area contributed by atoms with E-state index >= 15 is 0 Å². The van der Waals surface area contributed by atoms with Crippen LogP contribution in [-0.4, -0.2) is 17.1 Å². The Kier molecular flexibility index (Phi) is 5.15. The molecule has 0 aliphatic carbocycles. The van der Waals surface area contributed by atoms with Gasteiger partial charge in [-0.25, -0.2) is 0 Å². The zero-order valence-electron chi connectivity index (χ0n) is 12.3. The second kappa shape index (κ2) is 6.86. The zero-order valence-corrected chi connectivity index (χ0v) is 13.2. The lowest BCUT2D eigenvalue weighted by molar-refractivity contribution is 0.320. The molecule has 0 unspecified atom stereocenters. The van der Waals surface area contributed by atoms with E-state index in [-0.39, 0.29) is 5.54 Å². The van der Waals surface area contributed by atoms with Crippen molar-refractivity contribution in [3.8, 4) is 5.75 Å². The summed E-state index contributed by atoms with van der Waals surface area (Å²) in [5.41, 5.74) is 2.47. The predicted molar refractivity (Wildman–Crippen MR) is 84.3 cm³/mol. The van der Waals surface area contributed by atoms with Gasteiger partial charge < -0.3 is 10.1 Å². The summed E-state index contributed by atoms with van der Waals surface area (Å²) in [6, 6.07) is 6.13.